The molecule has 0 aromatic heterocycles. The maximum Gasteiger partial charge on any atom is 0.294 e. The highest BCUT2D eigenvalue weighted by Crippen LogP contribution is 2.11. The van der Waals surface area contributed by atoms with Crippen molar-refractivity contribution in [2.24, 2.45) is 0 Å². The van der Waals surface area contributed by atoms with Crippen LogP contribution < -0.4 is 10.6 Å². The molecule has 2 aromatic carbocycles. The molecule has 13 heteroatoms. The average molecular weight is 562 g/mol. The summed E-state index contributed by atoms with van der Waals surface area (Å²) in [5, 5.41) is 14.4. The van der Waals surface area contributed by atoms with Gasteiger partial charge < -0.3 is 15.5 Å². The van der Waals surface area contributed by atoms with Crippen LogP contribution in [0.15, 0.2) is 60.7 Å². The number of nitrogens with one attached hydrogen (secondary N) is 2. The van der Waals surface area contributed by atoms with E-state index in [1.807, 2.05) is 0 Å². The Morgan fingerprint density at radius 3 is 1.97 bits per heavy atom. The van der Waals surface area contributed by atoms with E-state index < -0.39 is 41.4 Å². The molecule has 0 aliphatic carbocycles. The number of benzene rings is 2. The van der Waals surface area contributed by atoms with Crippen molar-refractivity contribution in [1.29, 1.82) is 0 Å². The van der Waals surface area contributed by atoms with Crippen molar-refractivity contribution in [3.05, 3.63) is 81.9 Å². The van der Waals surface area contributed by atoms with E-state index in [4.69, 9.17) is 0 Å². The predicted octanol–water partition coefficient (Wildman–Crippen LogP) is 1.99. The Hall–Kier alpha value is -3.71. The van der Waals surface area contributed by atoms with Crippen LogP contribution in [-0.2, 0) is 19.2 Å². The summed E-state index contributed by atoms with van der Waals surface area (Å²) in [5.41, 5.74) is 0.853. The Labute approximate surface area is 227 Å². The monoisotopic (exact) mass is 561 g/mol. The zero-order chi connectivity index (χ0) is 27.9. The maximum absolute atomic E-state index is 13.1. The number of Topliss-reactive ketones (excluding diaryl/α,β-unsaturated/α-hetero) is 3. The standard InChI is InChI=1S/C25H27N3O8S2/c1-17(29)21(14-38-16-23(31)18-8-4-2-5-9-18)26-25(33)22(15-37-13-20(30)12-36-28(34)35)27-24(32)19-10-6-3-7-11-19/h2-11,21-22H,12-16H2,1H3,(H,26,33)(H,27,32)/t21-,22-/m0/s1. The minimum atomic E-state index is -1.12. The van der Waals surface area contributed by atoms with E-state index in [2.05, 4.69) is 15.5 Å². The lowest BCUT2D eigenvalue weighted by atomic mass is 10.2. The first kappa shape index (κ1) is 30.5. The van der Waals surface area contributed by atoms with E-state index in [0.717, 1.165) is 11.8 Å². The lowest BCUT2D eigenvalue weighted by Gasteiger charge is -2.22. The molecule has 0 aliphatic heterocycles. The van der Waals surface area contributed by atoms with Gasteiger partial charge in [-0.15, -0.1) is 10.1 Å². The van der Waals surface area contributed by atoms with E-state index in [1.54, 1.807) is 60.7 Å². The third-order valence-electron chi connectivity index (χ3n) is 4.96. The van der Waals surface area contributed by atoms with Crippen LogP contribution in [-0.4, -0.2) is 76.0 Å². The van der Waals surface area contributed by atoms with Gasteiger partial charge in [-0.25, -0.2) is 0 Å². The quantitative estimate of drug-likeness (QED) is 0.166. The second kappa shape index (κ2) is 16.2. The molecule has 11 nitrogen and oxygen atoms in total. The van der Waals surface area contributed by atoms with Gasteiger partial charge in [-0.05, 0) is 19.1 Å². The number of carbonyl (C=O) groups excluding carboxylic acids is 5. The van der Waals surface area contributed by atoms with Crippen LogP contribution in [0.5, 0.6) is 0 Å². The summed E-state index contributed by atoms with van der Waals surface area (Å²) in [6.45, 7) is 0.587. The van der Waals surface area contributed by atoms with Gasteiger partial charge in [0, 0.05) is 22.6 Å². The fourth-order valence-electron chi connectivity index (χ4n) is 2.98. The number of nitrogens with zero attached hydrogens (tertiary/aromatic N) is 1. The van der Waals surface area contributed by atoms with Gasteiger partial charge in [-0.1, -0.05) is 48.5 Å². The highest BCUT2D eigenvalue weighted by Gasteiger charge is 2.26. The number of rotatable bonds is 17. The normalized spacial score (nSPS) is 12.0. The first-order valence-corrected chi connectivity index (χ1v) is 13.7. The SMILES string of the molecule is CC(=O)[C@H](CSCC(=O)c1ccccc1)NC(=O)[C@H](CSCC(=O)CO[N+](=O)[O-])NC(=O)c1ccccc1. The molecule has 2 rings (SSSR count). The zero-order valence-electron chi connectivity index (χ0n) is 20.5. The van der Waals surface area contributed by atoms with Crippen molar-refractivity contribution in [2.45, 2.75) is 19.0 Å². The minimum absolute atomic E-state index is 0.0428. The van der Waals surface area contributed by atoms with Gasteiger partial charge in [-0.2, -0.15) is 23.5 Å². The molecule has 0 fully saturated rings. The topological polar surface area (TPSA) is 162 Å². The highest BCUT2D eigenvalue weighted by atomic mass is 32.2. The van der Waals surface area contributed by atoms with Gasteiger partial charge >= 0.3 is 0 Å². The number of hydrogen-bond acceptors (Lipinski definition) is 10. The van der Waals surface area contributed by atoms with Crippen LogP contribution in [0.1, 0.15) is 27.6 Å². The molecule has 0 heterocycles. The second-order valence-electron chi connectivity index (χ2n) is 7.92. The smallest absolute Gasteiger partial charge is 0.294 e. The number of ketones is 3. The molecule has 0 radical (unpaired) electrons. The molecule has 0 spiro atoms. The van der Waals surface area contributed by atoms with Gasteiger partial charge in [-0.3, -0.25) is 24.0 Å². The largest absolute Gasteiger partial charge is 0.344 e. The third kappa shape index (κ3) is 11.1. The van der Waals surface area contributed by atoms with Crippen LogP contribution in [0.2, 0.25) is 0 Å². The van der Waals surface area contributed by atoms with Crippen molar-refractivity contribution < 1.29 is 33.9 Å². The van der Waals surface area contributed by atoms with E-state index in [-0.39, 0.29) is 34.6 Å². The fraction of sp³-hybridized carbons (Fsp3) is 0.320. The zero-order valence-corrected chi connectivity index (χ0v) is 22.1. The second-order valence-corrected chi connectivity index (χ2v) is 9.98. The number of thioether (sulfide) groups is 2. The molecule has 38 heavy (non-hydrogen) atoms. The Kier molecular flexibility index (Phi) is 13.0. The molecular formula is C25H27N3O8S2. The summed E-state index contributed by atoms with van der Waals surface area (Å²) in [6.07, 6.45) is 0. The molecule has 2 aromatic rings. The van der Waals surface area contributed by atoms with Crippen molar-refractivity contribution in [3.8, 4) is 0 Å². The van der Waals surface area contributed by atoms with E-state index in [9.17, 15) is 34.1 Å². The average Bonchev–Trinajstić information content (AvgIpc) is 2.91. The molecule has 0 bridgehead atoms. The molecule has 0 saturated heterocycles. The molecule has 2 amide bonds. The van der Waals surface area contributed by atoms with Gasteiger partial charge in [0.05, 0.1) is 17.5 Å². The summed E-state index contributed by atoms with van der Waals surface area (Å²) in [6, 6.07) is 14.8. The van der Waals surface area contributed by atoms with E-state index in [1.165, 1.54) is 18.7 Å². The molecular weight excluding hydrogens is 534 g/mol. The van der Waals surface area contributed by atoms with Crippen molar-refractivity contribution >= 4 is 52.7 Å². The Balaban J connectivity index is 1.99. The summed E-state index contributed by atoms with van der Waals surface area (Å²) < 4.78 is 0. The minimum Gasteiger partial charge on any atom is -0.344 e. The number of carbonyl (C=O) groups is 5. The summed E-state index contributed by atoms with van der Waals surface area (Å²) in [7, 11) is 0. The lowest BCUT2D eigenvalue weighted by molar-refractivity contribution is -0.754. The van der Waals surface area contributed by atoms with Crippen LogP contribution in [0.4, 0.5) is 0 Å². The predicted molar refractivity (Wildman–Crippen MR) is 144 cm³/mol. The maximum atomic E-state index is 13.1. The molecule has 202 valence electrons. The molecule has 2 atom stereocenters. The van der Waals surface area contributed by atoms with Crippen LogP contribution in [0, 0.1) is 10.1 Å². The Morgan fingerprint density at radius 2 is 1.39 bits per heavy atom. The number of amides is 2. The van der Waals surface area contributed by atoms with Crippen LogP contribution in [0.25, 0.3) is 0 Å². The van der Waals surface area contributed by atoms with Crippen LogP contribution in [0.3, 0.4) is 0 Å². The molecule has 0 saturated carbocycles. The Bertz CT molecular complexity index is 1130. The van der Waals surface area contributed by atoms with Gasteiger partial charge in [0.15, 0.2) is 24.0 Å². The summed E-state index contributed by atoms with van der Waals surface area (Å²) >= 11 is 2.17. The van der Waals surface area contributed by atoms with Crippen molar-refractivity contribution in [2.75, 3.05) is 29.6 Å². The van der Waals surface area contributed by atoms with Crippen molar-refractivity contribution in [3.63, 3.8) is 0 Å². The van der Waals surface area contributed by atoms with E-state index in [0.29, 0.717) is 11.1 Å². The fourth-order valence-corrected chi connectivity index (χ4v) is 4.90. The number of hydrogen-bond donors (Lipinski definition) is 2. The molecule has 0 aliphatic rings. The summed E-state index contributed by atoms with van der Waals surface area (Å²) in [4.78, 5) is 76.3. The van der Waals surface area contributed by atoms with Gasteiger partial charge in [0.2, 0.25) is 5.91 Å². The van der Waals surface area contributed by atoms with E-state index >= 15 is 0 Å². The first-order valence-electron chi connectivity index (χ1n) is 11.4. The molecule has 2 N–H and O–H groups in total. The van der Waals surface area contributed by atoms with Gasteiger partial charge in [0.25, 0.3) is 11.0 Å². The third-order valence-corrected chi connectivity index (χ3v) is 7.09. The Morgan fingerprint density at radius 1 is 0.842 bits per heavy atom. The first-order chi connectivity index (χ1) is 18.2. The van der Waals surface area contributed by atoms with Crippen molar-refractivity contribution in [1.82, 2.24) is 10.6 Å². The van der Waals surface area contributed by atoms with Gasteiger partial charge in [0.1, 0.15) is 6.04 Å². The lowest BCUT2D eigenvalue weighted by Crippen LogP contribution is -2.53. The molecule has 0 unspecified atom stereocenters. The summed E-state index contributed by atoms with van der Waals surface area (Å²) in [5.74, 6) is -2.16. The van der Waals surface area contributed by atoms with Crippen LogP contribution >= 0.6 is 23.5 Å². The highest BCUT2D eigenvalue weighted by molar-refractivity contribution is 8.00.